The maximum absolute atomic E-state index is 12.6. The number of nitrogens with zero attached hydrogens (tertiary/aromatic N) is 3. The van der Waals surface area contributed by atoms with Gasteiger partial charge in [0.2, 0.25) is 0 Å². The molecule has 4 heteroatoms. The first-order chi connectivity index (χ1) is 10.3. The fourth-order valence-corrected chi connectivity index (χ4v) is 3.12. The van der Waals surface area contributed by atoms with Crippen LogP contribution in [0.4, 0.5) is 0 Å². The van der Waals surface area contributed by atoms with Crippen LogP contribution < -0.4 is 0 Å². The van der Waals surface area contributed by atoms with Gasteiger partial charge in [0, 0.05) is 38.2 Å². The van der Waals surface area contributed by atoms with E-state index < -0.39 is 0 Å². The van der Waals surface area contributed by atoms with Gasteiger partial charge in [0.15, 0.2) is 0 Å². The lowest BCUT2D eigenvalue weighted by Gasteiger charge is -2.25. The molecule has 3 heterocycles. The molecule has 1 fully saturated rings. The molecule has 4 nitrogen and oxygen atoms in total. The van der Waals surface area contributed by atoms with Gasteiger partial charge in [-0.1, -0.05) is 0 Å². The van der Waals surface area contributed by atoms with E-state index in [1.165, 1.54) is 5.56 Å². The fourth-order valence-electron chi connectivity index (χ4n) is 3.12. The predicted molar refractivity (Wildman–Crippen MR) is 82.0 cm³/mol. The van der Waals surface area contributed by atoms with Gasteiger partial charge >= 0.3 is 0 Å². The van der Waals surface area contributed by atoms with Crippen molar-refractivity contribution in [3.05, 3.63) is 54.1 Å². The number of aryl methyl sites for hydroxylation is 2. The second-order valence-electron chi connectivity index (χ2n) is 5.69. The van der Waals surface area contributed by atoms with Crippen molar-refractivity contribution >= 4 is 5.91 Å². The number of hydrogen-bond donors (Lipinski definition) is 0. The highest BCUT2D eigenvalue weighted by molar-refractivity contribution is 5.93. The zero-order valence-electron chi connectivity index (χ0n) is 12.4. The minimum atomic E-state index is 0.166. The number of pyridine rings is 1. The van der Waals surface area contributed by atoms with Crippen LogP contribution in [-0.4, -0.2) is 32.9 Å². The van der Waals surface area contributed by atoms with Crippen molar-refractivity contribution in [2.75, 3.05) is 6.54 Å². The first-order valence-corrected chi connectivity index (χ1v) is 7.57. The summed E-state index contributed by atoms with van der Waals surface area (Å²) in [6, 6.07) is 8.30. The van der Waals surface area contributed by atoms with Gasteiger partial charge in [0.25, 0.3) is 5.91 Å². The summed E-state index contributed by atoms with van der Waals surface area (Å²) in [6.07, 6.45) is 9.84. The van der Waals surface area contributed by atoms with Crippen molar-refractivity contribution < 1.29 is 4.79 Å². The smallest absolute Gasteiger partial charge is 0.270 e. The SMILES string of the molecule is Cn1cccc1C(=O)N1CCC[C@@H]1CCc1ccncc1. The van der Waals surface area contributed by atoms with Gasteiger partial charge in [-0.05, 0) is 55.5 Å². The van der Waals surface area contributed by atoms with Gasteiger partial charge in [-0.25, -0.2) is 0 Å². The molecule has 1 saturated heterocycles. The Morgan fingerprint density at radius 1 is 1.33 bits per heavy atom. The second kappa shape index (κ2) is 6.12. The number of hydrogen-bond acceptors (Lipinski definition) is 2. The van der Waals surface area contributed by atoms with E-state index in [9.17, 15) is 4.79 Å². The summed E-state index contributed by atoms with van der Waals surface area (Å²) in [6.45, 7) is 0.880. The topological polar surface area (TPSA) is 38.1 Å². The third-order valence-corrected chi connectivity index (χ3v) is 4.32. The van der Waals surface area contributed by atoms with Crippen LogP contribution in [0.1, 0.15) is 35.3 Å². The van der Waals surface area contributed by atoms with E-state index in [0.29, 0.717) is 6.04 Å². The van der Waals surface area contributed by atoms with Gasteiger partial charge in [0.05, 0.1) is 0 Å². The Morgan fingerprint density at radius 3 is 2.86 bits per heavy atom. The highest BCUT2D eigenvalue weighted by Crippen LogP contribution is 2.24. The summed E-state index contributed by atoms with van der Waals surface area (Å²) in [5.41, 5.74) is 2.08. The molecule has 0 N–H and O–H groups in total. The molecule has 21 heavy (non-hydrogen) atoms. The lowest BCUT2D eigenvalue weighted by atomic mass is 10.0. The maximum Gasteiger partial charge on any atom is 0.270 e. The van der Waals surface area contributed by atoms with Gasteiger partial charge in [0.1, 0.15) is 5.69 Å². The van der Waals surface area contributed by atoms with Crippen LogP contribution in [0, 0.1) is 0 Å². The van der Waals surface area contributed by atoms with E-state index in [-0.39, 0.29) is 5.91 Å². The number of amides is 1. The van der Waals surface area contributed by atoms with Crippen molar-refractivity contribution in [3.8, 4) is 0 Å². The van der Waals surface area contributed by atoms with E-state index in [0.717, 1.165) is 37.9 Å². The minimum absolute atomic E-state index is 0.166. The van der Waals surface area contributed by atoms with Crippen LogP contribution in [0.15, 0.2) is 42.9 Å². The molecule has 1 amide bonds. The normalized spacial score (nSPS) is 18.1. The van der Waals surface area contributed by atoms with Crippen molar-refractivity contribution in [1.29, 1.82) is 0 Å². The Bertz CT molecular complexity index is 606. The molecular formula is C17H21N3O. The number of rotatable bonds is 4. The molecule has 3 rings (SSSR count). The zero-order valence-corrected chi connectivity index (χ0v) is 12.4. The maximum atomic E-state index is 12.6. The lowest BCUT2D eigenvalue weighted by molar-refractivity contribution is 0.0721. The van der Waals surface area contributed by atoms with Crippen LogP contribution in [0.5, 0.6) is 0 Å². The standard InChI is InChI=1S/C17H21N3O/c1-19-12-3-5-16(19)17(21)20-13-2-4-15(20)7-6-14-8-10-18-11-9-14/h3,5,8-12,15H,2,4,6-7,13H2,1H3/t15-/m1/s1. The fraction of sp³-hybridized carbons (Fsp3) is 0.412. The van der Waals surface area contributed by atoms with Crippen LogP contribution >= 0.6 is 0 Å². The lowest BCUT2D eigenvalue weighted by Crippen LogP contribution is -2.36. The quantitative estimate of drug-likeness (QED) is 0.865. The van der Waals surface area contributed by atoms with Crippen LogP contribution in [0.3, 0.4) is 0 Å². The van der Waals surface area contributed by atoms with E-state index in [2.05, 4.69) is 22.0 Å². The third-order valence-electron chi connectivity index (χ3n) is 4.32. The highest BCUT2D eigenvalue weighted by atomic mass is 16.2. The largest absolute Gasteiger partial charge is 0.347 e. The molecule has 0 aliphatic carbocycles. The Balaban J connectivity index is 1.65. The first kappa shape index (κ1) is 13.9. The van der Waals surface area contributed by atoms with E-state index in [4.69, 9.17) is 0 Å². The predicted octanol–water partition coefficient (Wildman–Crippen LogP) is 2.66. The Labute approximate surface area is 125 Å². The van der Waals surface area contributed by atoms with Gasteiger partial charge in [-0.3, -0.25) is 9.78 Å². The molecule has 2 aromatic rings. The molecule has 0 bridgehead atoms. The highest BCUT2D eigenvalue weighted by Gasteiger charge is 2.29. The van der Waals surface area contributed by atoms with E-state index in [1.807, 2.05) is 42.3 Å². The monoisotopic (exact) mass is 283 g/mol. The molecule has 2 aromatic heterocycles. The minimum Gasteiger partial charge on any atom is -0.347 e. The molecule has 110 valence electrons. The van der Waals surface area contributed by atoms with Crippen molar-refractivity contribution in [2.45, 2.75) is 31.7 Å². The molecule has 0 aromatic carbocycles. The zero-order chi connectivity index (χ0) is 14.7. The van der Waals surface area contributed by atoms with Crippen molar-refractivity contribution in [1.82, 2.24) is 14.5 Å². The van der Waals surface area contributed by atoms with E-state index >= 15 is 0 Å². The molecule has 1 aliphatic rings. The number of carbonyl (C=O) groups excluding carboxylic acids is 1. The molecule has 1 atom stereocenters. The molecule has 0 radical (unpaired) electrons. The number of likely N-dealkylation sites (tertiary alicyclic amines) is 1. The Hall–Kier alpha value is -2.10. The Morgan fingerprint density at radius 2 is 2.14 bits per heavy atom. The summed E-state index contributed by atoms with van der Waals surface area (Å²) in [5.74, 6) is 0.166. The first-order valence-electron chi connectivity index (χ1n) is 7.57. The molecular weight excluding hydrogens is 262 g/mol. The Kier molecular flexibility index (Phi) is 4.04. The van der Waals surface area contributed by atoms with Crippen molar-refractivity contribution in [2.24, 2.45) is 7.05 Å². The second-order valence-corrected chi connectivity index (χ2v) is 5.69. The molecule has 1 aliphatic heterocycles. The summed E-state index contributed by atoms with van der Waals surface area (Å²) >= 11 is 0. The van der Waals surface area contributed by atoms with Crippen LogP contribution in [0.25, 0.3) is 0 Å². The summed E-state index contributed by atoms with van der Waals surface area (Å²) in [5, 5.41) is 0. The van der Waals surface area contributed by atoms with Gasteiger partial charge < -0.3 is 9.47 Å². The average Bonchev–Trinajstić information content (AvgIpc) is 3.14. The number of carbonyl (C=O) groups is 1. The van der Waals surface area contributed by atoms with Crippen LogP contribution in [-0.2, 0) is 13.5 Å². The van der Waals surface area contributed by atoms with Gasteiger partial charge in [-0.2, -0.15) is 0 Å². The summed E-state index contributed by atoms with van der Waals surface area (Å²) < 4.78 is 1.90. The van der Waals surface area contributed by atoms with Gasteiger partial charge in [-0.15, -0.1) is 0 Å². The number of aromatic nitrogens is 2. The summed E-state index contributed by atoms with van der Waals surface area (Å²) in [7, 11) is 1.93. The third kappa shape index (κ3) is 2.99. The summed E-state index contributed by atoms with van der Waals surface area (Å²) in [4.78, 5) is 18.7. The molecule has 0 saturated carbocycles. The average molecular weight is 283 g/mol. The van der Waals surface area contributed by atoms with E-state index in [1.54, 1.807) is 0 Å². The molecule has 0 spiro atoms. The van der Waals surface area contributed by atoms with Crippen molar-refractivity contribution in [3.63, 3.8) is 0 Å². The molecule has 0 unspecified atom stereocenters. The van der Waals surface area contributed by atoms with Crippen LogP contribution in [0.2, 0.25) is 0 Å².